The van der Waals surface area contributed by atoms with E-state index >= 15 is 0 Å². The Morgan fingerprint density at radius 2 is 1.60 bits per heavy atom. The number of hydrogen-bond acceptors (Lipinski definition) is 1. The predicted molar refractivity (Wildman–Crippen MR) is 82.2 cm³/mol. The van der Waals surface area contributed by atoms with Crippen LogP contribution in [-0.2, 0) is 19.4 Å². The highest BCUT2D eigenvalue weighted by Crippen LogP contribution is 2.33. The number of hydrogen-bond donors (Lipinski definition) is 0. The van der Waals surface area contributed by atoms with Crippen molar-refractivity contribution in [2.75, 3.05) is 4.90 Å². The van der Waals surface area contributed by atoms with Crippen molar-refractivity contribution >= 4 is 11.6 Å². The Hall–Kier alpha value is -2.09. The molecule has 1 heterocycles. The molecular weight excluding hydrogens is 246 g/mol. The average molecular weight is 265 g/mol. The minimum Gasteiger partial charge on any atom is -0.303 e. The molecule has 2 heteroatoms. The van der Waals surface area contributed by atoms with Crippen LogP contribution in [0.25, 0.3) is 0 Å². The van der Waals surface area contributed by atoms with Crippen molar-refractivity contribution < 1.29 is 4.79 Å². The first kappa shape index (κ1) is 12.9. The third-order valence-electron chi connectivity index (χ3n) is 4.06. The van der Waals surface area contributed by atoms with E-state index in [-0.39, 0.29) is 5.91 Å². The summed E-state index contributed by atoms with van der Waals surface area (Å²) in [6.45, 7) is 4.98. The number of anilines is 1. The summed E-state index contributed by atoms with van der Waals surface area (Å²) in [7, 11) is 0. The maximum Gasteiger partial charge on any atom is 0.258 e. The molecule has 0 fully saturated rings. The van der Waals surface area contributed by atoms with Crippen LogP contribution in [0.15, 0.2) is 42.5 Å². The molecule has 1 aliphatic rings. The van der Waals surface area contributed by atoms with E-state index in [4.69, 9.17) is 0 Å². The highest BCUT2D eigenvalue weighted by atomic mass is 16.2. The van der Waals surface area contributed by atoms with Gasteiger partial charge in [0, 0.05) is 5.56 Å². The highest BCUT2D eigenvalue weighted by Gasteiger charge is 2.30. The van der Waals surface area contributed by atoms with Gasteiger partial charge in [0.15, 0.2) is 0 Å². The molecule has 0 unspecified atom stereocenters. The molecule has 1 aliphatic heterocycles. The molecule has 0 aliphatic carbocycles. The van der Waals surface area contributed by atoms with Crippen LogP contribution in [-0.4, -0.2) is 5.91 Å². The fourth-order valence-electron chi connectivity index (χ4n) is 3.00. The summed E-state index contributed by atoms with van der Waals surface area (Å²) in [6, 6.07) is 14.3. The fraction of sp³-hybridized carbons (Fsp3) is 0.278. The van der Waals surface area contributed by atoms with Gasteiger partial charge in [-0.3, -0.25) is 4.79 Å². The SMILES string of the molecule is CCc1cccc(CC)c1N1Cc2ccccc2C1=O. The van der Waals surface area contributed by atoms with Gasteiger partial charge in [-0.1, -0.05) is 50.2 Å². The van der Waals surface area contributed by atoms with E-state index in [0.29, 0.717) is 6.54 Å². The number of rotatable bonds is 3. The van der Waals surface area contributed by atoms with E-state index < -0.39 is 0 Å². The van der Waals surface area contributed by atoms with Crippen molar-refractivity contribution in [3.05, 3.63) is 64.7 Å². The zero-order valence-corrected chi connectivity index (χ0v) is 12.0. The number of fused-ring (bicyclic) bond motifs is 1. The molecule has 2 aromatic carbocycles. The standard InChI is InChI=1S/C18H19NO/c1-3-13-9-7-10-14(4-2)17(13)19-12-15-8-5-6-11-16(15)18(19)20/h5-11H,3-4,12H2,1-2H3. The smallest absolute Gasteiger partial charge is 0.258 e. The number of carbonyl (C=O) groups is 1. The molecule has 102 valence electrons. The molecule has 2 nitrogen and oxygen atoms in total. The summed E-state index contributed by atoms with van der Waals surface area (Å²) in [6.07, 6.45) is 1.90. The average Bonchev–Trinajstić information content (AvgIpc) is 2.83. The van der Waals surface area contributed by atoms with Crippen molar-refractivity contribution in [2.45, 2.75) is 33.2 Å². The van der Waals surface area contributed by atoms with Crippen molar-refractivity contribution in [1.29, 1.82) is 0 Å². The van der Waals surface area contributed by atoms with Crippen molar-refractivity contribution in [3.8, 4) is 0 Å². The maximum atomic E-state index is 12.7. The highest BCUT2D eigenvalue weighted by molar-refractivity contribution is 6.10. The van der Waals surface area contributed by atoms with Gasteiger partial charge in [0.05, 0.1) is 12.2 Å². The molecule has 1 amide bonds. The largest absolute Gasteiger partial charge is 0.303 e. The Morgan fingerprint density at radius 1 is 0.950 bits per heavy atom. The van der Waals surface area contributed by atoms with Crippen LogP contribution in [0.5, 0.6) is 0 Å². The summed E-state index contributed by atoms with van der Waals surface area (Å²) < 4.78 is 0. The van der Waals surface area contributed by atoms with Gasteiger partial charge >= 0.3 is 0 Å². The van der Waals surface area contributed by atoms with E-state index in [0.717, 1.165) is 29.7 Å². The van der Waals surface area contributed by atoms with Gasteiger partial charge in [0.1, 0.15) is 0 Å². The Kier molecular flexibility index (Phi) is 3.31. The molecule has 2 aromatic rings. The van der Waals surface area contributed by atoms with Gasteiger partial charge in [-0.15, -0.1) is 0 Å². The van der Waals surface area contributed by atoms with Gasteiger partial charge in [-0.2, -0.15) is 0 Å². The maximum absolute atomic E-state index is 12.7. The molecule has 0 N–H and O–H groups in total. The van der Waals surface area contributed by atoms with Crippen LogP contribution in [0.4, 0.5) is 5.69 Å². The molecule has 0 aromatic heterocycles. The molecule has 3 rings (SSSR count). The second-order valence-electron chi connectivity index (χ2n) is 5.18. The van der Waals surface area contributed by atoms with Crippen LogP contribution < -0.4 is 4.90 Å². The monoisotopic (exact) mass is 265 g/mol. The second-order valence-corrected chi connectivity index (χ2v) is 5.18. The van der Waals surface area contributed by atoms with E-state index in [1.165, 1.54) is 11.1 Å². The lowest BCUT2D eigenvalue weighted by Gasteiger charge is -2.22. The number of para-hydroxylation sites is 1. The minimum atomic E-state index is 0.135. The quantitative estimate of drug-likeness (QED) is 0.822. The molecule has 0 saturated carbocycles. The number of aryl methyl sites for hydroxylation is 2. The predicted octanol–water partition coefficient (Wildman–Crippen LogP) is 3.97. The Balaban J connectivity index is 2.10. The molecule has 0 spiro atoms. The molecule has 0 bridgehead atoms. The van der Waals surface area contributed by atoms with Crippen LogP contribution in [0.1, 0.15) is 40.9 Å². The summed E-state index contributed by atoms with van der Waals surface area (Å²) in [4.78, 5) is 14.6. The number of carbonyl (C=O) groups excluding carboxylic acids is 1. The fourth-order valence-corrected chi connectivity index (χ4v) is 3.00. The normalized spacial score (nSPS) is 13.7. The van der Waals surface area contributed by atoms with Crippen molar-refractivity contribution in [1.82, 2.24) is 0 Å². The number of benzene rings is 2. The van der Waals surface area contributed by atoms with E-state index in [2.05, 4.69) is 32.0 Å². The van der Waals surface area contributed by atoms with Crippen molar-refractivity contribution in [2.24, 2.45) is 0 Å². The Labute approximate surface area is 120 Å². The molecule has 0 saturated heterocycles. The summed E-state index contributed by atoms with van der Waals surface area (Å²) in [5.74, 6) is 0.135. The zero-order valence-electron chi connectivity index (χ0n) is 12.0. The first-order valence-electron chi connectivity index (χ1n) is 7.26. The second kappa shape index (κ2) is 5.12. The first-order valence-corrected chi connectivity index (χ1v) is 7.26. The molecule has 0 atom stereocenters. The summed E-state index contributed by atoms with van der Waals surface area (Å²) in [5.41, 5.74) is 5.61. The van der Waals surface area contributed by atoms with Gasteiger partial charge < -0.3 is 4.90 Å². The summed E-state index contributed by atoms with van der Waals surface area (Å²) in [5, 5.41) is 0. The first-order chi connectivity index (χ1) is 9.76. The van der Waals surface area contributed by atoms with E-state index in [1.807, 2.05) is 29.2 Å². The Bertz CT molecular complexity index is 638. The van der Waals surface area contributed by atoms with Crippen LogP contribution >= 0.6 is 0 Å². The molecule has 0 radical (unpaired) electrons. The van der Waals surface area contributed by atoms with Gasteiger partial charge in [0.2, 0.25) is 0 Å². The topological polar surface area (TPSA) is 20.3 Å². The third kappa shape index (κ3) is 1.92. The number of amides is 1. The van der Waals surface area contributed by atoms with Crippen LogP contribution in [0.2, 0.25) is 0 Å². The lowest BCUT2D eigenvalue weighted by atomic mass is 10.0. The zero-order chi connectivity index (χ0) is 14.1. The Morgan fingerprint density at radius 3 is 2.20 bits per heavy atom. The number of nitrogens with zero attached hydrogens (tertiary/aromatic N) is 1. The van der Waals surface area contributed by atoms with Crippen LogP contribution in [0.3, 0.4) is 0 Å². The van der Waals surface area contributed by atoms with Gasteiger partial charge in [-0.25, -0.2) is 0 Å². The summed E-state index contributed by atoms with van der Waals surface area (Å²) >= 11 is 0. The lowest BCUT2D eigenvalue weighted by Crippen LogP contribution is -2.25. The van der Waals surface area contributed by atoms with Gasteiger partial charge in [-0.05, 0) is 35.6 Å². The van der Waals surface area contributed by atoms with Crippen LogP contribution in [0, 0.1) is 0 Å². The lowest BCUT2D eigenvalue weighted by molar-refractivity contribution is 0.0996. The van der Waals surface area contributed by atoms with Gasteiger partial charge in [0.25, 0.3) is 5.91 Å². The van der Waals surface area contributed by atoms with E-state index in [1.54, 1.807) is 0 Å². The molecule has 20 heavy (non-hydrogen) atoms. The van der Waals surface area contributed by atoms with Crippen molar-refractivity contribution in [3.63, 3.8) is 0 Å². The third-order valence-corrected chi connectivity index (χ3v) is 4.06. The minimum absolute atomic E-state index is 0.135. The molecular formula is C18H19NO. The van der Waals surface area contributed by atoms with E-state index in [9.17, 15) is 4.79 Å².